The maximum absolute atomic E-state index is 12.0. The zero-order chi connectivity index (χ0) is 19.7. The molecule has 1 fully saturated rings. The first kappa shape index (κ1) is 19.5. The van der Waals surface area contributed by atoms with Gasteiger partial charge in [0.15, 0.2) is 5.82 Å². The molecule has 3 rings (SSSR count). The van der Waals surface area contributed by atoms with Crippen LogP contribution in [-0.2, 0) is 9.53 Å². The number of aromatic amines is 1. The fourth-order valence-corrected chi connectivity index (χ4v) is 3.38. The van der Waals surface area contributed by atoms with Crippen LogP contribution in [0, 0.1) is 5.92 Å². The number of H-pyrrole nitrogens is 1. The van der Waals surface area contributed by atoms with Gasteiger partial charge in [-0.1, -0.05) is 13.8 Å². The third-order valence-corrected chi connectivity index (χ3v) is 4.79. The van der Waals surface area contributed by atoms with E-state index in [9.17, 15) is 15.0 Å². The van der Waals surface area contributed by atoms with Crippen molar-refractivity contribution in [1.29, 1.82) is 0 Å². The molecule has 0 bridgehead atoms. The molecule has 2 aromatic rings. The van der Waals surface area contributed by atoms with Crippen molar-refractivity contribution in [3.05, 3.63) is 18.1 Å². The number of carbonyl (C=O) groups excluding carboxylic acids is 1. The van der Waals surface area contributed by atoms with E-state index < -0.39 is 36.3 Å². The van der Waals surface area contributed by atoms with Gasteiger partial charge in [0.1, 0.15) is 36.7 Å². The Labute approximate surface area is 156 Å². The predicted octanol–water partition coefficient (Wildman–Crippen LogP) is -0.809. The molecule has 10 heteroatoms. The van der Waals surface area contributed by atoms with Gasteiger partial charge in [0.25, 0.3) is 0 Å². The molecule has 2 aromatic heterocycles. The molecular formula is C17H26N6O4. The van der Waals surface area contributed by atoms with E-state index in [0.29, 0.717) is 28.8 Å². The number of aliphatic hydroxyl groups is 2. The lowest BCUT2D eigenvalue weighted by Gasteiger charge is -2.18. The van der Waals surface area contributed by atoms with Crippen LogP contribution in [0.2, 0.25) is 0 Å². The highest BCUT2D eigenvalue weighted by Gasteiger charge is 2.43. The van der Waals surface area contributed by atoms with Gasteiger partial charge in [-0.05, 0) is 12.3 Å². The topological polar surface area (TPSA) is 172 Å². The van der Waals surface area contributed by atoms with Gasteiger partial charge in [0, 0.05) is 11.8 Å². The van der Waals surface area contributed by atoms with Crippen LogP contribution in [0.5, 0.6) is 0 Å². The molecule has 148 valence electrons. The van der Waals surface area contributed by atoms with Gasteiger partial charge < -0.3 is 31.4 Å². The summed E-state index contributed by atoms with van der Waals surface area (Å²) in [6.07, 6.45) is 1.29. The van der Waals surface area contributed by atoms with Crippen molar-refractivity contribution in [3.63, 3.8) is 0 Å². The highest BCUT2D eigenvalue weighted by Crippen LogP contribution is 2.32. The van der Waals surface area contributed by atoms with Crippen LogP contribution in [0.25, 0.3) is 11.0 Å². The molecule has 0 aliphatic carbocycles. The van der Waals surface area contributed by atoms with E-state index in [-0.39, 0.29) is 12.5 Å². The summed E-state index contributed by atoms with van der Waals surface area (Å²) in [5.74, 6) is 0.0393. The molecule has 10 nitrogen and oxygen atoms in total. The lowest BCUT2D eigenvalue weighted by molar-refractivity contribution is -0.147. The minimum Gasteiger partial charge on any atom is -0.463 e. The molecule has 3 heterocycles. The summed E-state index contributed by atoms with van der Waals surface area (Å²) in [5.41, 5.74) is 13.4. The van der Waals surface area contributed by atoms with Gasteiger partial charge in [0.2, 0.25) is 0 Å². The molecule has 1 saturated heterocycles. The third kappa shape index (κ3) is 3.88. The summed E-state index contributed by atoms with van der Waals surface area (Å²) in [6.45, 7) is 3.83. The molecule has 1 aliphatic rings. The first-order valence-electron chi connectivity index (χ1n) is 8.91. The van der Waals surface area contributed by atoms with Crippen LogP contribution in [0.15, 0.2) is 12.5 Å². The summed E-state index contributed by atoms with van der Waals surface area (Å²) in [7, 11) is 0. The number of nitrogens with one attached hydrogen (secondary N) is 2. The summed E-state index contributed by atoms with van der Waals surface area (Å²) in [6, 6.07) is -1.95. The first-order chi connectivity index (χ1) is 12.8. The molecule has 0 spiro atoms. The number of rotatable bonds is 6. The maximum atomic E-state index is 12.0. The minimum absolute atomic E-state index is 0.0984. The van der Waals surface area contributed by atoms with Gasteiger partial charge in [-0.25, -0.2) is 9.97 Å². The second-order valence-corrected chi connectivity index (χ2v) is 7.32. The van der Waals surface area contributed by atoms with E-state index in [1.54, 1.807) is 6.20 Å². The minimum atomic E-state index is -1.12. The van der Waals surface area contributed by atoms with Crippen molar-refractivity contribution in [2.45, 2.75) is 50.6 Å². The SMILES string of the molecule is CC(C)C[C@H](N)C(=O)OC[C@H]1N[C@@H](c2c[nH]c3c(N)ncnc23)[C@H](O)[C@@H]1O. The van der Waals surface area contributed by atoms with Crippen LogP contribution in [-0.4, -0.2) is 62.0 Å². The number of nitrogens with two attached hydrogens (primary N) is 2. The Bertz CT molecular complexity index is 810. The second kappa shape index (κ2) is 7.77. The Morgan fingerprint density at radius 2 is 2.07 bits per heavy atom. The summed E-state index contributed by atoms with van der Waals surface area (Å²) >= 11 is 0. The van der Waals surface area contributed by atoms with Crippen molar-refractivity contribution in [1.82, 2.24) is 20.3 Å². The highest BCUT2D eigenvalue weighted by molar-refractivity contribution is 5.87. The molecule has 0 radical (unpaired) electrons. The third-order valence-electron chi connectivity index (χ3n) is 4.79. The number of anilines is 1. The van der Waals surface area contributed by atoms with Crippen LogP contribution >= 0.6 is 0 Å². The van der Waals surface area contributed by atoms with Gasteiger partial charge in [-0.15, -0.1) is 0 Å². The van der Waals surface area contributed by atoms with Crippen molar-refractivity contribution >= 4 is 22.8 Å². The Hall–Kier alpha value is -2.27. The van der Waals surface area contributed by atoms with Gasteiger partial charge in [-0.2, -0.15) is 0 Å². The normalized spacial score (nSPS) is 26.6. The molecule has 0 unspecified atom stereocenters. The average molecular weight is 378 g/mol. The fraction of sp³-hybridized carbons (Fsp3) is 0.588. The van der Waals surface area contributed by atoms with E-state index in [2.05, 4.69) is 20.3 Å². The molecule has 0 amide bonds. The number of esters is 1. The van der Waals surface area contributed by atoms with Crippen LogP contribution in [0.4, 0.5) is 5.82 Å². The van der Waals surface area contributed by atoms with Crippen molar-refractivity contribution in [2.24, 2.45) is 11.7 Å². The van der Waals surface area contributed by atoms with Gasteiger partial charge in [-0.3, -0.25) is 10.1 Å². The number of nitrogens with zero attached hydrogens (tertiary/aromatic N) is 2. The summed E-state index contributed by atoms with van der Waals surface area (Å²) in [5, 5.41) is 23.9. The first-order valence-corrected chi connectivity index (χ1v) is 8.91. The molecule has 1 aliphatic heterocycles. The number of hydrogen-bond acceptors (Lipinski definition) is 9. The van der Waals surface area contributed by atoms with Crippen molar-refractivity contribution < 1.29 is 19.7 Å². The highest BCUT2D eigenvalue weighted by atomic mass is 16.5. The number of fused-ring (bicyclic) bond motifs is 1. The van der Waals surface area contributed by atoms with Gasteiger partial charge in [0.05, 0.1) is 17.6 Å². The Morgan fingerprint density at radius 1 is 1.33 bits per heavy atom. The van der Waals surface area contributed by atoms with Crippen LogP contribution in [0.1, 0.15) is 31.9 Å². The van der Waals surface area contributed by atoms with Crippen molar-refractivity contribution in [2.75, 3.05) is 12.3 Å². The standard InChI is InChI=1S/C17H26N6O4/c1-7(2)3-9(18)17(26)27-5-10-14(24)15(25)12(23-10)8-4-20-13-11(8)21-6-22-16(13)19/h4,6-7,9-10,12,14-15,20,23-25H,3,5,18H2,1-2H3,(H2,19,21,22)/t9-,10+,12-,14+,15-/m0/s1. The van der Waals surface area contributed by atoms with E-state index in [4.69, 9.17) is 16.2 Å². The van der Waals surface area contributed by atoms with Crippen molar-refractivity contribution in [3.8, 4) is 0 Å². The summed E-state index contributed by atoms with van der Waals surface area (Å²) in [4.78, 5) is 23.1. The monoisotopic (exact) mass is 378 g/mol. The average Bonchev–Trinajstić information content (AvgIpc) is 3.16. The molecule has 5 atom stereocenters. The molecule has 0 aromatic carbocycles. The zero-order valence-electron chi connectivity index (χ0n) is 15.3. The largest absolute Gasteiger partial charge is 0.463 e. The smallest absolute Gasteiger partial charge is 0.322 e. The molecule has 27 heavy (non-hydrogen) atoms. The predicted molar refractivity (Wildman–Crippen MR) is 98.4 cm³/mol. The summed E-state index contributed by atoms with van der Waals surface area (Å²) < 4.78 is 5.23. The zero-order valence-corrected chi connectivity index (χ0v) is 15.3. The van der Waals surface area contributed by atoms with E-state index >= 15 is 0 Å². The van der Waals surface area contributed by atoms with Crippen LogP contribution in [0.3, 0.4) is 0 Å². The van der Waals surface area contributed by atoms with Crippen LogP contribution < -0.4 is 16.8 Å². The maximum Gasteiger partial charge on any atom is 0.322 e. The Balaban J connectivity index is 1.69. The Morgan fingerprint density at radius 3 is 2.78 bits per heavy atom. The lowest BCUT2D eigenvalue weighted by atomic mass is 10.0. The van der Waals surface area contributed by atoms with E-state index in [0.717, 1.165) is 0 Å². The number of hydrogen-bond donors (Lipinski definition) is 6. The quantitative estimate of drug-likeness (QED) is 0.351. The fourth-order valence-electron chi connectivity index (χ4n) is 3.38. The van der Waals surface area contributed by atoms with E-state index in [1.807, 2.05) is 13.8 Å². The second-order valence-electron chi connectivity index (χ2n) is 7.32. The number of aromatic nitrogens is 3. The number of ether oxygens (including phenoxy) is 1. The van der Waals surface area contributed by atoms with Gasteiger partial charge >= 0.3 is 5.97 Å². The number of carbonyl (C=O) groups is 1. The molecular weight excluding hydrogens is 352 g/mol. The molecule has 8 N–H and O–H groups in total. The molecule has 0 saturated carbocycles. The number of nitrogen functional groups attached to an aromatic ring is 1. The lowest BCUT2D eigenvalue weighted by Crippen LogP contribution is -2.41. The number of aliphatic hydroxyl groups excluding tert-OH is 2. The Kier molecular flexibility index (Phi) is 5.61. The van der Waals surface area contributed by atoms with E-state index in [1.165, 1.54) is 6.33 Å².